The van der Waals surface area contributed by atoms with Gasteiger partial charge in [-0.15, -0.1) is 0 Å². The Morgan fingerprint density at radius 1 is 1.42 bits per heavy atom. The second-order valence-corrected chi connectivity index (χ2v) is 5.39. The van der Waals surface area contributed by atoms with Crippen LogP contribution in [0.3, 0.4) is 0 Å². The van der Waals surface area contributed by atoms with Crippen molar-refractivity contribution >= 4 is 5.97 Å². The molecule has 0 aliphatic carbocycles. The summed E-state index contributed by atoms with van der Waals surface area (Å²) in [4.78, 5) is 14.2. The molecule has 1 aromatic carbocycles. The van der Waals surface area contributed by atoms with E-state index in [2.05, 4.69) is 31.0 Å². The average Bonchev–Trinajstić information content (AvgIpc) is 2.70. The molecule has 0 radical (unpaired) electrons. The van der Waals surface area contributed by atoms with Gasteiger partial charge in [0.15, 0.2) is 5.60 Å². The van der Waals surface area contributed by atoms with E-state index in [9.17, 15) is 4.79 Å². The summed E-state index contributed by atoms with van der Waals surface area (Å²) in [6.07, 6.45) is 2.18. The minimum Gasteiger partial charge on any atom is -0.452 e. The Kier molecular flexibility index (Phi) is 4.25. The number of esters is 1. The van der Waals surface area contributed by atoms with Crippen molar-refractivity contribution < 1.29 is 9.53 Å². The summed E-state index contributed by atoms with van der Waals surface area (Å²) in [5, 5.41) is 0. The van der Waals surface area contributed by atoms with Crippen LogP contribution in [0.15, 0.2) is 30.3 Å². The molecule has 0 spiro atoms. The largest absolute Gasteiger partial charge is 0.452 e. The van der Waals surface area contributed by atoms with Crippen molar-refractivity contribution in [2.45, 2.75) is 44.8 Å². The van der Waals surface area contributed by atoms with Crippen molar-refractivity contribution in [2.75, 3.05) is 13.6 Å². The van der Waals surface area contributed by atoms with Gasteiger partial charge in [-0.3, -0.25) is 9.69 Å². The van der Waals surface area contributed by atoms with Crippen LogP contribution in [0.4, 0.5) is 0 Å². The van der Waals surface area contributed by atoms with Crippen LogP contribution >= 0.6 is 0 Å². The topological polar surface area (TPSA) is 29.5 Å². The van der Waals surface area contributed by atoms with E-state index in [4.69, 9.17) is 4.74 Å². The van der Waals surface area contributed by atoms with Crippen LogP contribution in [0.1, 0.15) is 38.7 Å². The van der Waals surface area contributed by atoms with Gasteiger partial charge in [-0.25, -0.2) is 0 Å². The van der Waals surface area contributed by atoms with Gasteiger partial charge >= 0.3 is 5.97 Å². The third-order valence-corrected chi connectivity index (χ3v) is 4.18. The highest BCUT2D eigenvalue weighted by Crippen LogP contribution is 2.40. The summed E-state index contributed by atoms with van der Waals surface area (Å²) in [7, 11) is 2.09. The van der Waals surface area contributed by atoms with Gasteiger partial charge in [-0.2, -0.15) is 0 Å². The fraction of sp³-hybridized carbons (Fsp3) is 0.562. The predicted molar refractivity (Wildman–Crippen MR) is 75.8 cm³/mol. The summed E-state index contributed by atoms with van der Waals surface area (Å²) in [6, 6.07) is 10.3. The third-order valence-electron chi connectivity index (χ3n) is 4.18. The van der Waals surface area contributed by atoms with Gasteiger partial charge in [0.1, 0.15) is 0 Å². The molecule has 1 aromatic rings. The van der Waals surface area contributed by atoms with Gasteiger partial charge < -0.3 is 4.74 Å². The molecule has 0 saturated carbocycles. The van der Waals surface area contributed by atoms with Crippen molar-refractivity contribution in [1.82, 2.24) is 4.90 Å². The average molecular weight is 261 g/mol. The first-order valence-corrected chi connectivity index (χ1v) is 7.07. The molecule has 19 heavy (non-hydrogen) atoms. The minimum absolute atomic E-state index is 0.0893. The second-order valence-electron chi connectivity index (χ2n) is 5.39. The van der Waals surface area contributed by atoms with Crippen LogP contribution in [0.5, 0.6) is 0 Å². The first-order valence-electron chi connectivity index (χ1n) is 7.07. The lowest BCUT2D eigenvalue weighted by atomic mass is 9.87. The molecular weight excluding hydrogens is 238 g/mol. The van der Waals surface area contributed by atoms with E-state index in [1.807, 2.05) is 25.1 Å². The molecule has 104 valence electrons. The molecule has 0 bridgehead atoms. The van der Waals surface area contributed by atoms with Crippen molar-refractivity contribution in [2.24, 2.45) is 0 Å². The Labute approximate surface area is 115 Å². The molecule has 1 heterocycles. The molecule has 0 aromatic heterocycles. The lowest BCUT2D eigenvalue weighted by Gasteiger charge is -2.35. The number of benzene rings is 1. The molecule has 1 aliphatic rings. The molecule has 3 heteroatoms. The van der Waals surface area contributed by atoms with Gasteiger partial charge in [0.05, 0.1) is 6.04 Å². The minimum atomic E-state index is -0.484. The van der Waals surface area contributed by atoms with E-state index in [-0.39, 0.29) is 12.0 Å². The number of carbonyl (C=O) groups excluding carboxylic acids is 1. The maximum atomic E-state index is 12.0. The van der Waals surface area contributed by atoms with E-state index in [0.29, 0.717) is 6.42 Å². The lowest BCUT2D eigenvalue weighted by Crippen LogP contribution is -2.42. The first kappa shape index (κ1) is 14.1. The summed E-state index contributed by atoms with van der Waals surface area (Å²) in [5.74, 6) is -0.0893. The highest BCUT2D eigenvalue weighted by atomic mass is 16.6. The van der Waals surface area contributed by atoms with E-state index in [0.717, 1.165) is 24.9 Å². The van der Waals surface area contributed by atoms with Crippen LogP contribution in [0.2, 0.25) is 0 Å². The highest BCUT2D eigenvalue weighted by Gasteiger charge is 2.48. The molecule has 0 amide bonds. The third kappa shape index (κ3) is 2.66. The normalized spacial score (nSPS) is 27.4. The summed E-state index contributed by atoms with van der Waals surface area (Å²) >= 11 is 0. The molecule has 2 atom stereocenters. The number of hydrogen-bond acceptors (Lipinski definition) is 3. The molecule has 1 saturated heterocycles. The SMILES string of the molecule is CCCC(=O)OC1(c2ccccc2)CCN(C)C1C. The zero-order chi connectivity index (χ0) is 13.9. The maximum Gasteiger partial charge on any atom is 0.306 e. The van der Waals surface area contributed by atoms with Crippen LogP contribution < -0.4 is 0 Å². The van der Waals surface area contributed by atoms with Gasteiger partial charge in [-0.1, -0.05) is 37.3 Å². The van der Waals surface area contributed by atoms with Crippen molar-refractivity contribution in [3.8, 4) is 0 Å². The second kappa shape index (κ2) is 5.74. The smallest absolute Gasteiger partial charge is 0.306 e. The van der Waals surface area contributed by atoms with Crippen LogP contribution in [0, 0.1) is 0 Å². The molecule has 2 unspecified atom stereocenters. The van der Waals surface area contributed by atoms with Crippen LogP contribution in [-0.4, -0.2) is 30.5 Å². The van der Waals surface area contributed by atoms with Gasteiger partial charge in [0.2, 0.25) is 0 Å². The maximum absolute atomic E-state index is 12.0. The number of carbonyl (C=O) groups is 1. The van der Waals surface area contributed by atoms with Gasteiger partial charge in [-0.05, 0) is 26.0 Å². The Bertz CT molecular complexity index is 432. The Morgan fingerprint density at radius 2 is 2.11 bits per heavy atom. The number of likely N-dealkylation sites (tertiary alicyclic amines) is 1. The zero-order valence-corrected chi connectivity index (χ0v) is 12.1. The Balaban J connectivity index is 2.32. The summed E-state index contributed by atoms with van der Waals surface area (Å²) < 4.78 is 5.93. The number of likely N-dealkylation sites (N-methyl/N-ethyl adjacent to an activating group) is 1. The summed E-state index contributed by atoms with van der Waals surface area (Å²) in [6.45, 7) is 5.09. The summed E-state index contributed by atoms with van der Waals surface area (Å²) in [5.41, 5.74) is 0.624. The fourth-order valence-corrected chi connectivity index (χ4v) is 2.86. The standard InChI is InChI=1S/C16H23NO2/c1-4-8-15(18)19-16(11-12-17(3)13(16)2)14-9-6-5-7-10-14/h5-7,9-10,13H,4,8,11-12H2,1-3H3. The number of rotatable bonds is 4. The lowest BCUT2D eigenvalue weighted by molar-refractivity contribution is -0.163. The molecule has 1 aliphatic heterocycles. The van der Waals surface area contributed by atoms with E-state index in [1.54, 1.807) is 0 Å². The van der Waals surface area contributed by atoms with E-state index < -0.39 is 5.60 Å². The number of hydrogen-bond donors (Lipinski definition) is 0. The van der Waals surface area contributed by atoms with E-state index >= 15 is 0 Å². The Morgan fingerprint density at radius 3 is 2.63 bits per heavy atom. The zero-order valence-electron chi connectivity index (χ0n) is 12.1. The van der Waals surface area contributed by atoms with Crippen LogP contribution in [0.25, 0.3) is 0 Å². The molecule has 1 fully saturated rings. The number of ether oxygens (including phenoxy) is 1. The monoisotopic (exact) mass is 261 g/mol. The Hall–Kier alpha value is -1.35. The van der Waals surface area contributed by atoms with Crippen LogP contribution in [-0.2, 0) is 15.1 Å². The predicted octanol–water partition coefficient (Wildman–Crippen LogP) is 2.95. The van der Waals surface area contributed by atoms with Crippen molar-refractivity contribution in [1.29, 1.82) is 0 Å². The van der Waals surface area contributed by atoms with E-state index in [1.165, 1.54) is 0 Å². The highest BCUT2D eigenvalue weighted by molar-refractivity contribution is 5.70. The van der Waals surface area contributed by atoms with Gasteiger partial charge in [0, 0.05) is 19.4 Å². The van der Waals surface area contributed by atoms with Crippen molar-refractivity contribution in [3.05, 3.63) is 35.9 Å². The van der Waals surface area contributed by atoms with Crippen molar-refractivity contribution in [3.63, 3.8) is 0 Å². The molecule has 2 rings (SSSR count). The fourth-order valence-electron chi connectivity index (χ4n) is 2.86. The number of nitrogens with zero attached hydrogens (tertiary/aromatic N) is 1. The van der Waals surface area contributed by atoms with Gasteiger partial charge in [0.25, 0.3) is 0 Å². The molecule has 3 nitrogen and oxygen atoms in total. The first-order chi connectivity index (χ1) is 9.10. The quantitative estimate of drug-likeness (QED) is 0.780. The molecule has 0 N–H and O–H groups in total. The molecular formula is C16H23NO2.